The Labute approximate surface area is 155 Å². The first kappa shape index (κ1) is 18.6. The van der Waals surface area contributed by atoms with Crippen molar-refractivity contribution in [1.82, 2.24) is 9.62 Å². The molecule has 2 aromatic carbocycles. The average Bonchev–Trinajstić information content (AvgIpc) is 2.67. The van der Waals surface area contributed by atoms with Gasteiger partial charge in [0.05, 0.1) is 4.90 Å². The number of sulfonamides is 1. The van der Waals surface area contributed by atoms with Crippen LogP contribution in [0.5, 0.6) is 0 Å². The number of rotatable bonds is 5. The van der Waals surface area contributed by atoms with E-state index in [4.69, 9.17) is 0 Å². The number of hydrogen-bond donors (Lipinski definition) is 1. The Morgan fingerprint density at radius 3 is 2.38 bits per heavy atom. The maximum absolute atomic E-state index is 12.6. The quantitative estimate of drug-likeness (QED) is 0.877. The lowest BCUT2D eigenvalue weighted by molar-refractivity contribution is 0.0951. The van der Waals surface area contributed by atoms with Crippen LogP contribution in [0.15, 0.2) is 53.4 Å². The SMILES string of the molecule is Cc1cccc(CNC(=O)c2ccc(S(=O)(=O)N3CCCCC3)cc2)c1. The molecule has 0 bridgehead atoms. The molecule has 1 N–H and O–H groups in total. The molecule has 1 saturated heterocycles. The predicted octanol–water partition coefficient (Wildman–Crippen LogP) is 3.10. The fourth-order valence-corrected chi connectivity index (χ4v) is 4.66. The molecule has 0 atom stereocenters. The molecule has 138 valence electrons. The van der Waals surface area contributed by atoms with Crippen LogP contribution in [0.4, 0.5) is 0 Å². The molecule has 5 nitrogen and oxygen atoms in total. The van der Waals surface area contributed by atoms with Gasteiger partial charge in [0.2, 0.25) is 10.0 Å². The zero-order valence-electron chi connectivity index (χ0n) is 14.9. The Bertz CT molecular complexity index is 870. The van der Waals surface area contributed by atoms with Gasteiger partial charge in [-0.2, -0.15) is 4.31 Å². The van der Waals surface area contributed by atoms with Crippen molar-refractivity contribution < 1.29 is 13.2 Å². The highest BCUT2D eigenvalue weighted by molar-refractivity contribution is 7.89. The van der Waals surface area contributed by atoms with Gasteiger partial charge in [0, 0.05) is 25.2 Å². The second-order valence-electron chi connectivity index (χ2n) is 6.66. The van der Waals surface area contributed by atoms with Crippen LogP contribution in [-0.2, 0) is 16.6 Å². The Morgan fingerprint density at radius 2 is 1.73 bits per heavy atom. The molecular weight excluding hydrogens is 348 g/mol. The normalized spacial score (nSPS) is 15.6. The first-order chi connectivity index (χ1) is 12.5. The number of aryl methyl sites for hydroxylation is 1. The molecule has 0 saturated carbocycles. The highest BCUT2D eigenvalue weighted by atomic mass is 32.2. The molecule has 1 amide bonds. The maximum atomic E-state index is 12.6. The number of nitrogens with zero attached hydrogens (tertiary/aromatic N) is 1. The van der Waals surface area contributed by atoms with Crippen LogP contribution in [0.25, 0.3) is 0 Å². The van der Waals surface area contributed by atoms with Gasteiger partial charge in [-0.3, -0.25) is 4.79 Å². The minimum atomic E-state index is -3.46. The zero-order chi connectivity index (χ0) is 18.6. The van der Waals surface area contributed by atoms with E-state index in [1.807, 2.05) is 31.2 Å². The number of carbonyl (C=O) groups excluding carboxylic acids is 1. The molecule has 1 aliphatic rings. The van der Waals surface area contributed by atoms with Gasteiger partial charge in [-0.05, 0) is 49.6 Å². The van der Waals surface area contributed by atoms with E-state index < -0.39 is 10.0 Å². The predicted molar refractivity (Wildman–Crippen MR) is 101 cm³/mol. The Hall–Kier alpha value is -2.18. The molecule has 3 rings (SSSR count). The van der Waals surface area contributed by atoms with Crippen molar-refractivity contribution in [1.29, 1.82) is 0 Å². The lowest BCUT2D eigenvalue weighted by Gasteiger charge is -2.25. The van der Waals surface area contributed by atoms with Crippen molar-refractivity contribution in [2.75, 3.05) is 13.1 Å². The third-order valence-corrected chi connectivity index (χ3v) is 6.52. The van der Waals surface area contributed by atoms with Crippen LogP contribution in [0.3, 0.4) is 0 Å². The number of amides is 1. The summed E-state index contributed by atoms with van der Waals surface area (Å²) in [6.07, 6.45) is 2.88. The molecule has 1 aliphatic heterocycles. The van der Waals surface area contributed by atoms with Crippen LogP contribution < -0.4 is 5.32 Å². The van der Waals surface area contributed by atoms with E-state index in [1.165, 1.54) is 16.4 Å². The number of benzene rings is 2. The van der Waals surface area contributed by atoms with Crippen molar-refractivity contribution in [3.05, 3.63) is 65.2 Å². The molecule has 6 heteroatoms. The van der Waals surface area contributed by atoms with E-state index in [1.54, 1.807) is 12.1 Å². The van der Waals surface area contributed by atoms with Crippen LogP contribution >= 0.6 is 0 Å². The van der Waals surface area contributed by atoms with Gasteiger partial charge < -0.3 is 5.32 Å². The largest absolute Gasteiger partial charge is 0.348 e. The van der Waals surface area contributed by atoms with Crippen LogP contribution in [0, 0.1) is 6.92 Å². The Kier molecular flexibility index (Phi) is 5.74. The molecular formula is C20H24N2O3S. The molecule has 0 aromatic heterocycles. The topological polar surface area (TPSA) is 66.5 Å². The van der Waals surface area contributed by atoms with Gasteiger partial charge in [-0.1, -0.05) is 36.2 Å². The van der Waals surface area contributed by atoms with Gasteiger partial charge in [0.1, 0.15) is 0 Å². The zero-order valence-corrected chi connectivity index (χ0v) is 15.8. The average molecular weight is 372 g/mol. The third kappa shape index (κ3) is 4.31. The van der Waals surface area contributed by atoms with E-state index in [9.17, 15) is 13.2 Å². The second-order valence-corrected chi connectivity index (χ2v) is 8.60. The summed E-state index contributed by atoms with van der Waals surface area (Å²) in [5.41, 5.74) is 2.63. The van der Waals surface area contributed by atoms with E-state index in [0.717, 1.165) is 30.4 Å². The molecule has 1 heterocycles. The number of piperidine rings is 1. The van der Waals surface area contributed by atoms with Gasteiger partial charge in [0.25, 0.3) is 5.91 Å². The minimum Gasteiger partial charge on any atom is -0.348 e. The molecule has 0 spiro atoms. The number of carbonyl (C=O) groups is 1. The molecule has 26 heavy (non-hydrogen) atoms. The summed E-state index contributed by atoms with van der Waals surface area (Å²) in [6, 6.07) is 14.1. The van der Waals surface area contributed by atoms with Gasteiger partial charge >= 0.3 is 0 Å². The number of nitrogens with one attached hydrogen (secondary N) is 1. The highest BCUT2D eigenvalue weighted by Crippen LogP contribution is 2.20. The monoisotopic (exact) mass is 372 g/mol. The van der Waals surface area contributed by atoms with E-state index in [0.29, 0.717) is 25.2 Å². The van der Waals surface area contributed by atoms with Crippen LogP contribution in [0.2, 0.25) is 0 Å². The molecule has 1 fully saturated rings. The third-order valence-electron chi connectivity index (χ3n) is 4.60. The summed E-state index contributed by atoms with van der Waals surface area (Å²) in [7, 11) is -3.46. The summed E-state index contributed by atoms with van der Waals surface area (Å²) < 4.78 is 26.8. The summed E-state index contributed by atoms with van der Waals surface area (Å²) >= 11 is 0. The van der Waals surface area contributed by atoms with Gasteiger partial charge in [-0.15, -0.1) is 0 Å². The first-order valence-corrected chi connectivity index (χ1v) is 10.3. The maximum Gasteiger partial charge on any atom is 0.251 e. The van der Waals surface area contributed by atoms with Gasteiger partial charge in [-0.25, -0.2) is 8.42 Å². The van der Waals surface area contributed by atoms with E-state index in [-0.39, 0.29) is 10.8 Å². The highest BCUT2D eigenvalue weighted by Gasteiger charge is 2.25. The van der Waals surface area contributed by atoms with Crippen molar-refractivity contribution >= 4 is 15.9 Å². The van der Waals surface area contributed by atoms with Gasteiger partial charge in [0.15, 0.2) is 0 Å². The lowest BCUT2D eigenvalue weighted by atomic mass is 10.1. The van der Waals surface area contributed by atoms with Crippen molar-refractivity contribution in [2.45, 2.75) is 37.6 Å². The van der Waals surface area contributed by atoms with Crippen molar-refractivity contribution in [2.24, 2.45) is 0 Å². The van der Waals surface area contributed by atoms with Crippen LogP contribution in [0.1, 0.15) is 40.7 Å². The fraction of sp³-hybridized carbons (Fsp3) is 0.350. The summed E-state index contributed by atoms with van der Waals surface area (Å²) in [5.74, 6) is -0.214. The lowest BCUT2D eigenvalue weighted by Crippen LogP contribution is -2.35. The molecule has 0 aliphatic carbocycles. The van der Waals surface area contributed by atoms with E-state index in [2.05, 4.69) is 5.32 Å². The van der Waals surface area contributed by atoms with E-state index >= 15 is 0 Å². The smallest absolute Gasteiger partial charge is 0.251 e. The number of hydrogen-bond acceptors (Lipinski definition) is 3. The minimum absolute atomic E-state index is 0.214. The molecule has 0 radical (unpaired) electrons. The summed E-state index contributed by atoms with van der Waals surface area (Å²) in [6.45, 7) is 3.59. The van der Waals surface area contributed by atoms with Crippen molar-refractivity contribution in [3.63, 3.8) is 0 Å². The Balaban J connectivity index is 1.65. The summed E-state index contributed by atoms with van der Waals surface area (Å²) in [5, 5.41) is 2.87. The first-order valence-electron chi connectivity index (χ1n) is 8.91. The Morgan fingerprint density at radius 1 is 1.04 bits per heavy atom. The fourth-order valence-electron chi connectivity index (χ4n) is 3.14. The standard InChI is InChI=1S/C20H24N2O3S/c1-16-6-5-7-17(14-16)15-21-20(23)18-8-10-19(11-9-18)26(24,25)22-12-3-2-4-13-22/h5-11,14H,2-4,12-13,15H2,1H3,(H,21,23). The summed E-state index contributed by atoms with van der Waals surface area (Å²) in [4.78, 5) is 12.5. The molecule has 2 aromatic rings. The van der Waals surface area contributed by atoms with Crippen LogP contribution in [-0.4, -0.2) is 31.7 Å². The second kappa shape index (κ2) is 8.01. The molecule has 0 unspecified atom stereocenters. The van der Waals surface area contributed by atoms with Crippen molar-refractivity contribution in [3.8, 4) is 0 Å².